The molecule has 0 radical (unpaired) electrons. The Morgan fingerprint density at radius 3 is 2.29 bits per heavy atom. The van der Waals surface area contributed by atoms with Gasteiger partial charge in [-0.3, -0.25) is 4.79 Å². The number of carbonyl (C=O) groups is 2. The number of para-hydroxylation sites is 1. The van der Waals surface area contributed by atoms with Crippen molar-refractivity contribution in [2.75, 3.05) is 7.11 Å². The Morgan fingerprint density at radius 1 is 0.971 bits per heavy atom. The van der Waals surface area contributed by atoms with Crippen LogP contribution >= 0.6 is 11.6 Å². The molecule has 10 heteroatoms. The van der Waals surface area contributed by atoms with E-state index in [1.807, 2.05) is 6.07 Å². The van der Waals surface area contributed by atoms with Gasteiger partial charge < -0.3 is 18.9 Å². The van der Waals surface area contributed by atoms with Crippen LogP contribution in [0.4, 0.5) is 0 Å². The highest BCUT2D eigenvalue weighted by Crippen LogP contribution is 2.35. The lowest BCUT2D eigenvalue weighted by Gasteiger charge is -2.29. The fraction of sp³-hybridized carbons (Fsp3) is 0.167. The van der Waals surface area contributed by atoms with E-state index in [9.17, 15) is 14.4 Å². The minimum Gasteiger partial charge on any atom is -0.493 e. The number of benzene rings is 2. The van der Waals surface area contributed by atoms with Gasteiger partial charge in [0.2, 0.25) is 0 Å². The molecule has 3 aromatic rings. The number of carbonyl (C=O) groups excluding carboxylic acids is 2. The van der Waals surface area contributed by atoms with Gasteiger partial charge in [0.15, 0.2) is 22.3 Å². The number of hydrogen-bond acceptors (Lipinski definition) is 8. The lowest BCUT2D eigenvalue weighted by Crippen LogP contribution is -2.41. The molecule has 1 aromatic heterocycles. The van der Waals surface area contributed by atoms with Gasteiger partial charge in [0.25, 0.3) is 11.3 Å². The molecule has 9 nitrogen and oxygen atoms in total. The average Bonchev–Trinajstić information content (AvgIpc) is 2.80. The molecule has 1 aliphatic rings. The van der Waals surface area contributed by atoms with Crippen LogP contribution in [0.3, 0.4) is 0 Å². The Kier molecular flexibility index (Phi) is 6.12. The van der Waals surface area contributed by atoms with Crippen LogP contribution in [0.15, 0.2) is 65.1 Å². The van der Waals surface area contributed by atoms with Crippen molar-refractivity contribution in [1.82, 2.24) is 9.78 Å². The molecule has 174 valence electrons. The number of aromatic nitrogens is 2. The van der Waals surface area contributed by atoms with Crippen LogP contribution in [0.25, 0.3) is 11.8 Å². The van der Waals surface area contributed by atoms with Crippen LogP contribution in [0, 0.1) is 0 Å². The molecule has 34 heavy (non-hydrogen) atoms. The van der Waals surface area contributed by atoms with Crippen LogP contribution < -0.4 is 15.0 Å². The predicted octanol–water partition coefficient (Wildman–Crippen LogP) is 3.91. The highest BCUT2D eigenvalue weighted by atomic mass is 35.5. The van der Waals surface area contributed by atoms with Crippen molar-refractivity contribution in [1.29, 1.82) is 0 Å². The molecule has 0 spiro atoms. The molecule has 0 aliphatic carbocycles. The smallest absolute Gasteiger partial charge is 0.348 e. The highest BCUT2D eigenvalue weighted by Gasteiger charge is 2.38. The summed E-state index contributed by atoms with van der Waals surface area (Å²) in [6.07, 6.45) is 2.64. The Labute approximate surface area is 199 Å². The normalized spacial score (nSPS) is 14.8. The number of nitrogens with zero attached hydrogens (tertiary/aromatic N) is 2. The molecule has 2 heterocycles. The quantitative estimate of drug-likeness (QED) is 0.306. The number of methoxy groups -OCH3 is 1. The molecule has 4 rings (SSSR count). The van der Waals surface area contributed by atoms with Crippen molar-refractivity contribution >= 4 is 29.6 Å². The molecule has 0 saturated carbocycles. The van der Waals surface area contributed by atoms with E-state index in [2.05, 4.69) is 5.10 Å². The van der Waals surface area contributed by atoms with Crippen molar-refractivity contribution in [2.24, 2.45) is 0 Å². The van der Waals surface area contributed by atoms with Crippen molar-refractivity contribution in [3.05, 3.63) is 81.2 Å². The first kappa shape index (κ1) is 23.1. The Morgan fingerprint density at radius 2 is 1.65 bits per heavy atom. The second kappa shape index (κ2) is 9.03. The molecule has 1 fully saturated rings. The number of ether oxygens (including phenoxy) is 4. The van der Waals surface area contributed by atoms with Gasteiger partial charge in [0.05, 0.1) is 19.0 Å². The van der Waals surface area contributed by atoms with E-state index in [0.29, 0.717) is 11.3 Å². The largest absolute Gasteiger partial charge is 0.493 e. The lowest BCUT2D eigenvalue weighted by molar-refractivity contribution is -0.222. The van der Waals surface area contributed by atoms with E-state index in [-0.39, 0.29) is 27.8 Å². The molecule has 0 bridgehead atoms. The standard InChI is InChI=1S/C24H19ClN2O7/c1-24(2)33-22(29)16(23(30)34-24)11-14-9-10-17(18(12-14)31-3)32-19-13-26-27(21(28)20(19)25)15-7-5-4-6-8-15/h4-13H,1-3H3. The fourth-order valence-corrected chi connectivity index (χ4v) is 3.33. The van der Waals surface area contributed by atoms with E-state index in [4.69, 9.17) is 30.5 Å². The summed E-state index contributed by atoms with van der Waals surface area (Å²) in [7, 11) is 1.41. The topological polar surface area (TPSA) is 106 Å². The molecular weight excluding hydrogens is 464 g/mol. The molecule has 2 aromatic carbocycles. The third-order valence-corrected chi connectivity index (χ3v) is 5.07. The van der Waals surface area contributed by atoms with Crippen molar-refractivity contribution < 1.29 is 28.5 Å². The van der Waals surface area contributed by atoms with E-state index < -0.39 is 23.3 Å². The minimum atomic E-state index is -1.33. The molecule has 0 N–H and O–H groups in total. The first-order valence-corrected chi connectivity index (χ1v) is 10.4. The Bertz CT molecular complexity index is 1340. The van der Waals surface area contributed by atoms with Crippen molar-refractivity contribution in [3.8, 4) is 22.9 Å². The number of esters is 2. The average molecular weight is 483 g/mol. The van der Waals surface area contributed by atoms with Gasteiger partial charge in [-0.15, -0.1) is 0 Å². The van der Waals surface area contributed by atoms with E-state index in [1.54, 1.807) is 30.3 Å². The first-order chi connectivity index (χ1) is 16.2. The maximum atomic E-state index is 12.7. The summed E-state index contributed by atoms with van der Waals surface area (Å²) in [6.45, 7) is 2.93. The maximum Gasteiger partial charge on any atom is 0.348 e. The van der Waals surface area contributed by atoms with Crippen molar-refractivity contribution in [2.45, 2.75) is 19.6 Å². The SMILES string of the molecule is COc1cc(C=C2C(=O)OC(C)(C)OC2=O)ccc1Oc1cnn(-c2ccccc2)c(=O)c1Cl. The summed E-state index contributed by atoms with van der Waals surface area (Å²) in [4.78, 5) is 37.1. The van der Waals surface area contributed by atoms with E-state index >= 15 is 0 Å². The fourth-order valence-electron chi connectivity index (χ4n) is 3.16. The summed E-state index contributed by atoms with van der Waals surface area (Å²) in [6, 6.07) is 13.5. The van der Waals surface area contributed by atoms with Gasteiger partial charge in [-0.25, -0.2) is 9.59 Å². The van der Waals surface area contributed by atoms with Gasteiger partial charge in [-0.2, -0.15) is 9.78 Å². The third-order valence-electron chi connectivity index (χ3n) is 4.72. The first-order valence-electron chi connectivity index (χ1n) is 10.1. The predicted molar refractivity (Wildman–Crippen MR) is 122 cm³/mol. The molecular formula is C24H19ClN2O7. The van der Waals surface area contributed by atoms with Crippen LogP contribution in [-0.2, 0) is 19.1 Å². The Hall–Kier alpha value is -4.11. The van der Waals surface area contributed by atoms with Gasteiger partial charge in [0, 0.05) is 13.8 Å². The summed E-state index contributed by atoms with van der Waals surface area (Å²) >= 11 is 6.26. The van der Waals surface area contributed by atoms with Crippen LogP contribution in [-0.4, -0.2) is 34.6 Å². The second-order valence-corrected chi connectivity index (χ2v) is 8.00. The zero-order chi connectivity index (χ0) is 24.5. The Balaban J connectivity index is 1.62. The van der Waals surface area contributed by atoms with Crippen molar-refractivity contribution in [3.63, 3.8) is 0 Å². The lowest BCUT2D eigenvalue weighted by atomic mass is 10.1. The van der Waals surface area contributed by atoms with Gasteiger partial charge in [-0.05, 0) is 35.9 Å². The summed E-state index contributed by atoms with van der Waals surface area (Å²) in [5.41, 5.74) is 0.199. The molecule has 1 aliphatic heterocycles. The van der Waals surface area contributed by atoms with Gasteiger partial charge in [-0.1, -0.05) is 35.9 Å². The highest BCUT2D eigenvalue weighted by molar-refractivity contribution is 6.31. The minimum absolute atomic E-state index is 0.0323. The second-order valence-electron chi connectivity index (χ2n) is 7.62. The molecule has 0 amide bonds. The van der Waals surface area contributed by atoms with Gasteiger partial charge in [0.1, 0.15) is 5.57 Å². The number of cyclic esters (lactones) is 2. The number of hydrogen-bond donors (Lipinski definition) is 0. The number of halogens is 1. The monoisotopic (exact) mass is 482 g/mol. The van der Waals surface area contributed by atoms with E-state index in [0.717, 1.165) is 4.68 Å². The molecule has 0 unspecified atom stereocenters. The third kappa shape index (κ3) is 4.65. The summed E-state index contributed by atoms with van der Waals surface area (Å²) in [5, 5.41) is 3.96. The number of rotatable bonds is 5. The van der Waals surface area contributed by atoms with Crippen LogP contribution in [0.5, 0.6) is 17.2 Å². The molecule has 1 saturated heterocycles. The van der Waals surface area contributed by atoms with E-state index in [1.165, 1.54) is 45.4 Å². The van der Waals surface area contributed by atoms with Crippen LogP contribution in [0.2, 0.25) is 5.02 Å². The summed E-state index contributed by atoms with van der Waals surface area (Å²) in [5.74, 6) is -2.39. The maximum absolute atomic E-state index is 12.7. The zero-order valence-corrected chi connectivity index (χ0v) is 19.2. The van der Waals surface area contributed by atoms with Gasteiger partial charge >= 0.3 is 11.9 Å². The van der Waals surface area contributed by atoms with Crippen LogP contribution in [0.1, 0.15) is 19.4 Å². The molecule has 0 atom stereocenters. The summed E-state index contributed by atoms with van der Waals surface area (Å²) < 4.78 is 22.5. The zero-order valence-electron chi connectivity index (χ0n) is 18.4.